The molecule has 0 bridgehead atoms. The Hall–Kier alpha value is -1.59. The molecule has 5 heteroatoms. The monoisotopic (exact) mass is 265 g/mol. The Kier molecular flexibility index (Phi) is 5.32. The summed E-state index contributed by atoms with van der Waals surface area (Å²) in [5.74, 6) is -0.0335. The van der Waals surface area contributed by atoms with Crippen molar-refractivity contribution in [3.8, 4) is 0 Å². The Balaban J connectivity index is 2.95. The Morgan fingerprint density at radius 2 is 1.95 bits per heavy atom. The minimum absolute atomic E-state index is 0.0428. The van der Waals surface area contributed by atoms with E-state index in [1.54, 1.807) is 0 Å². The van der Waals surface area contributed by atoms with Crippen LogP contribution in [-0.4, -0.2) is 46.8 Å². The van der Waals surface area contributed by atoms with Gasteiger partial charge in [0.1, 0.15) is 5.84 Å². The standard InChI is InChI=1S/C14H23N3O2/c1-14(2,10-18)17(3)9-12(13(15)16-19)11-7-5-4-6-8-11/h4-8,12,18-19H,9-10H2,1-3H3,(H2,15,16). The number of hydrogen-bond acceptors (Lipinski definition) is 4. The van der Waals surface area contributed by atoms with Gasteiger partial charge in [-0.3, -0.25) is 4.90 Å². The zero-order valence-electron chi connectivity index (χ0n) is 11.7. The molecule has 1 rings (SSSR count). The lowest BCUT2D eigenvalue weighted by atomic mass is 9.95. The van der Waals surface area contributed by atoms with Crippen LogP contribution in [-0.2, 0) is 0 Å². The van der Waals surface area contributed by atoms with Crippen LogP contribution in [0.5, 0.6) is 0 Å². The van der Waals surface area contributed by atoms with Gasteiger partial charge in [-0.1, -0.05) is 35.5 Å². The van der Waals surface area contributed by atoms with Gasteiger partial charge in [0, 0.05) is 12.1 Å². The highest BCUT2D eigenvalue weighted by molar-refractivity contribution is 5.87. The fourth-order valence-electron chi connectivity index (χ4n) is 1.77. The second-order valence-electron chi connectivity index (χ2n) is 5.34. The van der Waals surface area contributed by atoms with Crippen molar-refractivity contribution in [3.63, 3.8) is 0 Å². The van der Waals surface area contributed by atoms with Gasteiger partial charge >= 0.3 is 0 Å². The molecule has 106 valence electrons. The summed E-state index contributed by atoms with van der Waals surface area (Å²) >= 11 is 0. The highest BCUT2D eigenvalue weighted by atomic mass is 16.4. The van der Waals surface area contributed by atoms with Gasteiger partial charge in [-0.2, -0.15) is 0 Å². The molecular formula is C14H23N3O2. The first-order valence-corrected chi connectivity index (χ1v) is 6.27. The molecule has 19 heavy (non-hydrogen) atoms. The number of benzene rings is 1. The first kappa shape index (κ1) is 15.5. The second-order valence-corrected chi connectivity index (χ2v) is 5.34. The lowest BCUT2D eigenvalue weighted by molar-refractivity contribution is 0.0779. The summed E-state index contributed by atoms with van der Waals surface area (Å²) in [4.78, 5) is 2.00. The van der Waals surface area contributed by atoms with Gasteiger partial charge in [0.25, 0.3) is 0 Å². The summed E-state index contributed by atoms with van der Waals surface area (Å²) in [7, 11) is 1.91. The Morgan fingerprint density at radius 3 is 2.42 bits per heavy atom. The number of aliphatic hydroxyl groups excluding tert-OH is 1. The zero-order chi connectivity index (χ0) is 14.5. The fourth-order valence-corrected chi connectivity index (χ4v) is 1.77. The Bertz CT molecular complexity index is 418. The van der Waals surface area contributed by atoms with E-state index in [4.69, 9.17) is 10.9 Å². The van der Waals surface area contributed by atoms with Gasteiger partial charge in [-0.15, -0.1) is 0 Å². The summed E-state index contributed by atoms with van der Waals surface area (Å²) in [5, 5.41) is 21.5. The lowest BCUT2D eigenvalue weighted by Gasteiger charge is -2.36. The quantitative estimate of drug-likeness (QED) is 0.312. The number of likely N-dealkylation sites (N-methyl/N-ethyl adjacent to an activating group) is 1. The molecule has 0 amide bonds. The van der Waals surface area contributed by atoms with Crippen molar-refractivity contribution < 1.29 is 10.3 Å². The van der Waals surface area contributed by atoms with Gasteiger partial charge in [-0.05, 0) is 26.5 Å². The Labute approximate surface area is 114 Å². The van der Waals surface area contributed by atoms with Crippen LogP contribution in [0.1, 0.15) is 25.3 Å². The van der Waals surface area contributed by atoms with Crippen molar-refractivity contribution in [1.29, 1.82) is 0 Å². The van der Waals surface area contributed by atoms with Crippen LogP contribution in [0.2, 0.25) is 0 Å². The molecule has 0 aliphatic rings. The van der Waals surface area contributed by atoms with Crippen molar-refractivity contribution >= 4 is 5.84 Å². The van der Waals surface area contributed by atoms with Crippen molar-refractivity contribution in [1.82, 2.24) is 4.90 Å². The van der Waals surface area contributed by atoms with Crippen LogP contribution < -0.4 is 5.73 Å². The van der Waals surface area contributed by atoms with Crippen LogP contribution in [0.25, 0.3) is 0 Å². The summed E-state index contributed by atoms with van der Waals surface area (Å²) in [6.07, 6.45) is 0. The molecule has 0 saturated carbocycles. The summed E-state index contributed by atoms with van der Waals surface area (Å²) < 4.78 is 0. The smallest absolute Gasteiger partial charge is 0.147 e. The predicted octanol–water partition coefficient (Wildman–Crippen LogP) is 1.22. The normalized spacial score (nSPS) is 14.7. The summed E-state index contributed by atoms with van der Waals surface area (Å²) in [6.45, 7) is 4.50. The average molecular weight is 265 g/mol. The molecule has 0 fully saturated rings. The molecule has 1 aromatic carbocycles. The SMILES string of the molecule is CN(CC(/C(N)=N/O)c1ccccc1)C(C)(C)CO. The summed E-state index contributed by atoms with van der Waals surface area (Å²) in [6, 6.07) is 9.66. The number of amidine groups is 1. The van der Waals surface area contributed by atoms with E-state index in [1.807, 2.05) is 56.1 Å². The third-order valence-corrected chi connectivity index (χ3v) is 3.55. The molecule has 0 radical (unpaired) electrons. The fraction of sp³-hybridized carbons (Fsp3) is 0.500. The average Bonchev–Trinajstić information content (AvgIpc) is 2.44. The first-order chi connectivity index (χ1) is 8.92. The highest BCUT2D eigenvalue weighted by Crippen LogP contribution is 2.21. The van der Waals surface area contributed by atoms with Gasteiger partial charge in [0.05, 0.1) is 12.5 Å². The third-order valence-electron chi connectivity index (χ3n) is 3.55. The molecule has 1 atom stereocenters. The molecule has 4 N–H and O–H groups in total. The number of nitrogens with zero attached hydrogens (tertiary/aromatic N) is 2. The molecule has 0 aliphatic heterocycles. The van der Waals surface area contributed by atoms with Gasteiger partial charge in [0.15, 0.2) is 0 Å². The predicted molar refractivity (Wildman–Crippen MR) is 76.4 cm³/mol. The van der Waals surface area contributed by atoms with E-state index in [1.165, 1.54) is 0 Å². The molecule has 1 unspecified atom stereocenters. The maximum absolute atomic E-state index is 9.39. The van der Waals surface area contributed by atoms with Gasteiger partial charge < -0.3 is 16.0 Å². The van der Waals surface area contributed by atoms with Gasteiger partial charge in [-0.25, -0.2) is 0 Å². The molecule has 1 aromatic rings. The summed E-state index contributed by atoms with van der Waals surface area (Å²) in [5.41, 5.74) is 6.42. The van der Waals surface area contributed by atoms with Crippen LogP contribution >= 0.6 is 0 Å². The van der Waals surface area contributed by atoms with E-state index in [9.17, 15) is 5.11 Å². The highest BCUT2D eigenvalue weighted by Gasteiger charge is 2.27. The van der Waals surface area contributed by atoms with E-state index in [0.29, 0.717) is 6.54 Å². The molecule has 0 aliphatic carbocycles. The van der Waals surface area contributed by atoms with E-state index in [0.717, 1.165) is 5.56 Å². The number of hydrogen-bond donors (Lipinski definition) is 3. The molecular weight excluding hydrogens is 242 g/mol. The molecule has 0 spiro atoms. The number of rotatable bonds is 6. The second kappa shape index (κ2) is 6.54. The van der Waals surface area contributed by atoms with Crippen LogP contribution in [0.15, 0.2) is 35.5 Å². The van der Waals surface area contributed by atoms with Crippen molar-refractivity contribution in [2.75, 3.05) is 20.2 Å². The Morgan fingerprint density at radius 1 is 1.37 bits per heavy atom. The lowest BCUT2D eigenvalue weighted by Crippen LogP contribution is -2.47. The first-order valence-electron chi connectivity index (χ1n) is 6.27. The number of aliphatic hydroxyl groups is 1. The zero-order valence-corrected chi connectivity index (χ0v) is 11.7. The van der Waals surface area contributed by atoms with Crippen molar-refractivity contribution in [3.05, 3.63) is 35.9 Å². The van der Waals surface area contributed by atoms with Crippen molar-refractivity contribution in [2.45, 2.75) is 25.3 Å². The molecule has 0 heterocycles. The number of oxime groups is 1. The van der Waals surface area contributed by atoms with Crippen LogP contribution in [0.4, 0.5) is 0 Å². The molecule has 5 nitrogen and oxygen atoms in total. The maximum Gasteiger partial charge on any atom is 0.147 e. The minimum atomic E-state index is -0.358. The molecule has 0 aromatic heterocycles. The number of nitrogens with two attached hydrogens (primary N) is 1. The van der Waals surface area contributed by atoms with E-state index in [2.05, 4.69) is 5.16 Å². The van der Waals surface area contributed by atoms with Crippen molar-refractivity contribution in [2.24, 2.45) is 10.9 Å². The largest absolute Gasteiger partial charge is 0.409 e. The maximum atomic E-state index is 9.39. The van der Waals surface area contributed by atoms with E-state index in [-0.39, 0.29) is 23.9 Å². The van der Waals surface area contributed by atoms with E-state index < -0.39 is 0 Å². The van der Waals surface area contributed by atoms with E-state index >= 15 is 0 Å². The van der Waals surface area contributed by atoms with Crippen LogP contribution in [0.3, 0.4) is 0 Å². The third kappa shape index (κ3) is 3.94. The van der Waals surface area contributed by atoms with Gasteiger partial charge in [0.2, 0.25) is 0 Å². The minimum Gasteiger partial charge on any atom is -0.409 e. The molecule has 0 saturated heterocycles. The topological polar surface area (TPSA) is 82.1 Å². The van der Waals surface area contributed by atoms with Crippen LogP contribution in [0, 0.1) is 0 Å².